The Morgan fingerprint density at radius 2 is 1.83 bits per heavy atom. The first-order chi connectivity index (χ1) is 14.1. The van der Waals surface area contributed by atoms with Gasteiger partial charge in [-0.15, -0.1) is 12.4 Å². The fourth-order valence-electron chi connectivity index (χ4n) is 4.74. The first-order valence-electron chi connectivity index (χ1n) is 10.1. The van der Waals surface area contributed by atoms with Crippen LogP contribution in [0.25, 0.3) is 0 Å². The van der Waals surface area contributed by atoms with Gasteiger partial charge in [0.15, 0.2) is 0 Å². The molecule has 7 heteroatoms. The predicted molar refractivity (Wildman–Crippen MR) is 122 cm³/mol. The molecule has 1 heterocycles. The minimum absolute atomic E-state index is 0. The number of nitriles is 1. The molecule has 1 saturated heterocycles. The first-order valence-corrected chi connectivity index (χ1v) is 10.5. The Labute approximate surface area is 188 Å². The number of rotatable bonds is 4. The van der Waals surface area contributed by atoms with Crippen molar-refractivity contribution in [3.05, 3.63) is 64.7 Å². The minimum Gasteiger partial charge on any atom is -0.330 e. The van der Waals surface area contributed by atoms with E-state index in [2.05, 4.69) is 12.1 Å². The van der Waals surface area contributed by atoms with Crippen molar-refractivity contribution in [2.45, 2.75) is 37.1 Å². The van der Waals surface area contributed by atoms with Crippen molar-refractivity contribution in [1.29, 1.82) is 5.26 Å². The van der Waals surface area contributed by atoms with Crippen molar-refractivity contribution in [2.75, 3.05) is 24.5 Å². The molecule has 0 atom stereocenters. The lowest BCUT2D eigenvalue weighted by molar-refractivity contribution is 0.156. The van der Waals surface area contributed by atoms with Crippen LogP contribution in [0.1, 0.15) is 36.8 Å². The lowest BCUT2D eigenvalue weighted by Gasteiger charge is -2.42. The van der Waals surface area contributed by atoms with Crippen LogP contribution < -0.4 is 10.6 Å². The van der Waals surface area contributed by atoms with Gasteiger partial charge in [0.25, 0.3) is 0 Å². The van der Waals surface area contributed by atoms with Gasteiger partial charge in [0.1, 0.15) is 0 Å². The van der Waals surface area contributed by atoms with Crippen molar-refractivity contribution < 1.29 is 4.79 Å². The highest BCUT2D eigenvalue weighted by atomic mass is 35.5. The van der Waals surface area contributed by atoms with Gasteiger partial charge < -0.3 is 10.6 Å². The van der Waals surface area contributed by atoms with Crippen molar-refractivity contribution in [2.24, 2.45) is 5.73 Å². The molecular formula is C23H26Cl2N4O. The lowest BCUT2D eigenvalue weighted by Crippen LogP contribution is -2.46. The second-order valence-corrected chi connectivity index (χ2v) is 8.45. The van der Waals surface area contributed by atoms with E-state index in [0.717, 1.165) is 42.9 Å². The summed E-state index contributed by atoms with van der Waals surface area (Å²) in [4.78, 5) is 16.9. The molecule has 5 nitrogen and oxygen atoms in total. The summed E-state index contributed by atoms with van der Waals surface area (Å²) < 4.78 is 0. The van der Waals surface area contributed by atoms with Crippen molar-refractivity contribution in [3.63, 3.8) is 0 Å². The van der Waals surface area contributed by atoms with Gasteiger partial charge in [-0.25, -0.2) is 4.79 Å². The number of urea groups is 1. The van der Waals surface area contributed by atoms with Gasteiger partial charge in [0.05, 0.1) is 11.6 Å². The van der Waals surface area contributed by atoms with E-state index in [1.54, 1.807) is 12.1 Å². The van der Waals surface area contributed by atoms with Crippen molar-refractivity contribution in [1.82, 2.24) is 4.90 Å². The molecule has 1 aliphatic heterocycles. The Hall–Kier alpha value is -2.26. The summed E-state index contributed by atoms with van der Waals surface area (Å²) in [5.74, 6) is 0. The first kappa shape index (κ1) is 22.4. The molecule has 0 radical (unpaired) electrons. The Balaban J connectivity index is 0.00000256. The molecule has 2 fully saturated rings. The molecule has 4 rings (SSSR count). The number of hydrogen-bond acceptors (Lipinski definition) is 3. The van der Waals surface area contributed by atoms with Gasteiger partial charge in [0, 0.05) is 41.8 Å². The molecule has 0 unspecified atom stereocenters. The van der Waals surface area contributed by atoms with Crippen LogP contribution in [0, 0.1) is 11.3 Å². The van der Waals surface area contributed by atoms with E-state index in [-0.39, 0.29) is 29.9 Å². The maximum atomic E-state index is 13.0. The monoisotopic (exact) mass is 444 g/mol. The summed E-state index contributed by atoms with van der Waals surface area (Å²) in [6.07, 6.45) is 3.79. The standard InChI is InChI=1S/C23H25ClN4O.ClH/c24-19-3-1-2-18(14-19)23(16-26)10-8-21(9-11-23)28-13-12-27(22(28)29)20-6-4-17(15-25)5-7-20;/h1-7,14,21H,8-13,16,26H2;1H/t21-,23-;. The third-order valence-corrected chi connectivity index (χ3v) is 6.77. The maximum absolute atomic E-state index is 13.0. The number of nitrogens with zero attached hydrogens (tertiary/aromatic N) is 3. The largest absolute Gasteiger partial charge is 0.330 e. The van der Waals surface area contributed by atoms with E-state index >= 15 is 0 Å². The summed E-state index contributed by atoms with van der Waals surface area (Å²) >= 11 is 6.21. The fraction of sp³-hybridized carbons (Fsp3) is 0.391. The van der Waals surface area contributed by atoms with E-state index in [9.17, 15) is 4.79 Å². The number of nitrogens with two attached hydrogens (primary N) is 1. The molecule has 0 spiro atoms. The third kappa shape index (κ3) is 4.13. The highest BCUT2D eigenvalue weighted by Gasteiger charge is 2.41. The van der Waals surface area contributed by atoms with Crippen LogP contribution >= 0.6 is 24.0 Å². The van der Waals surface area contributed by atoms with E-state index in [0.29, 0.717) is 18.7 Å². The zero-order chi connectivity index (χ0) is 20.4. The highest BCUT2D eigenvalue weighted by molar-refractivity contribution is 6.30. The smallest absolute Gasteiger partial charge is 0.324 e. The molecule has 2 aliphatic rings. The van der Waals surface area contributed by atoms with Crippen molar-refractivity contribution >= 4 is 35.7 Å². The molecule has 0 aromatic heterocycles. The molecule has 0 bridgehead atoms. The average molecular weight is 445 g/mol. The zero-order valence-corrected chi connectivity index (χ0v) is 18.3. The van der Waals surface area contributed by atoms with Crippen LogP contribution in [-0.2, 0) is 5.41 Å². The fourth-order valence-corrected chi connectivity index (χ4v) is 4.93. The molecule has 2 amide bonds. The second kappa shape index (κ2) is 9.26. The Morgan fingerprint density at radius 3 is 2.43 bits per heavy atom. The molecule has 1 saturated carbocycles. The number of carbonyl (C=O) groups excluding carboxylic acids is 1. The van der Waals surface area contributed by atoms with Crippen LogP contribution in [0.15, 0.2) is 48.5 Å². The molecule has 1 aliphatic carbocycles. The molecular weight excluding hydrogens is 419 g/mol. The number of amides is 2. The minimum atomic E-state index is -0.0585. The normalized spacial score (nSPS) is 23.8. The lowest BCUT2D eigenvalue weighted by atomic mass is 9.68. The second-order valence-electron chi connectivity index (χ2n) is 8.01. The zero-order valence-electron chi connectivity index (χ0n) is 16.8. The summed E-state index contributed by atoms with van der Waals surface area (Å²) in [6, 6.07) is 17.6. The van der Waals surface area contributed by atoms with Crippen LogP contribution in [0.5, 0.6) is 0 Å². The Morgan fingerprint density at radius 1 is 1.13 bits per heavy atom. The van der Waals surface area contributed by atoms with Crippen LogP contribution in [0.4, 0.5) is 10.5 Å². The van der Waals surface area contributed by atoms with Crippen LogP contribution in [0.3, 0.4) is 0 Å². The molecule has 2 N–H and O–H groups in total. The number of benzene rings is 2. The third-order valence-electron chi connectivity index (χ3n) is 6.53. The van der Waals surface area contributed by atoms with Gasteiger partial charge in [-0.2, -0.15) is 5.26 Å². The van der Waals surface area contributed by atoms with Gasteiger partial charge in [-0.1, -0.05) is 23.7 Å². The molecule has 2 aromatic rings. The predicted octanol–water partition coefficient (Wildman–Crippen LogP) is 4.71. The quantitative estimate of drug-likeness (QED) is 0.741. The van der Waals surface area contributed by atoms with E-state index < -0.39 is 0 Å². The van der Waals surface area contributed by atoms with Crippen molar-refractivity contribution in [3.8, 4) is 6.07 Å². The average Bonchev–Trinajstić information content (AvgIpc) is 3.15. The van der Waals surface area contributed by atoms with Crippen LogP contribution in [0.2, 0.25) is 5.02 Å². The number of carbonyl (C=O) groups is 1. The van der Waals surface area contributed by atoms with Gasteiger partial charge in [0.2, 0.25) is 0 Å². The summed E-state index contributed by atoms with van der Waals surface area (Å²) in [5.41, 5.74) is 8.81. The molecule has 30 heavy (non-hydrogen) atoms. The summed E-state index contributed by atoms with van der Waals surface area (Å²) in [5, 5.41) is 9.70. The van der Waals surface area contributed by atoms with Gasteiger partial charge >= 0.3 is 6.03 Å². The van der Waals surface area contributed by atoms with E-state index in [4.69, 9.17) is 22.6 Å². The SMILES string of the molecule is Cl.N#Cc1ccc(N2CCN([C@H]3CC[C@](CN)(c4cccc(Cl)c4)CC3)C2=O)cc1. The van der Waals surface area contributed by atoms with E-state index in [1.165, 1.54) is 5.56 Å². The van der Waals surface area contributed by atoms with E-state index in [1.807, 2.05) is 40.1 Å². The Kier molecular flexibility index (Phi) is 6.92. The molecule has 158 valence electrons. The molecule has 2 aromatic carbocycles. The summed E-state index contributed by atoms with van der Waals surface area (Å²) in [6.45, 7) is 2.00. The van der Waals surface area contributed by atoms with Gasteiger partial charge in [-0.3, -0.25) is 4.90 Å². The number of anilines is 1. The summed E-state index contributed by atoms with van der Waals surface area (Å²) in [7, 11) is 0. The van der Waals surface area contributed by atoms with Gasteiger partial charge in [-0.05, 0) is 67.6 Å². The Bertz CT molecular complexity index is 933. The number of hydrogen-bond donors (Lipinski definition) is 1. The maximum Gasteiger partial charge on any atom is 0.324 e. The van der Waals surface area contributed by atoms with Crippen LogP contribution in [-0.4, -0.2) is 36.6 Å². The topological polar surface area (TPSA) is 73.4 Å². The number of halogens is 2. The highest BCUT2D eigenvalue weighted by Crippen LogP contribution is 2.41.